The van der Waals surface area contributed by atoms with Gasteiger partial charge in [-0.15, -0.1) is 0 Å². The Morgan fingerprint density at radius 3 is 2.57 bits per heavy atom. The molecule has 3 rings (SSSR count). The van der Waals surface area contributed by atoms with Gasteiger partial charge in [0.2, 0.25) is 5.91 Å². The Kier molecular flexibility index (Phi) is 4.74. The lowest BCUT2D eigenvalue weighted by Crippen LogP contribution is -2.34. The lowest BCUT2D eigenvalue weighted by molar-refractivity contribution is -0.131. The maximum absolute atomic E-state index is 12.3. The van der Waals surface area contributed by atoms with Gasteiger partial charge >= 0.3 is 0 Å². The van der Waals surface area contributed by atoms with Crippen LogP contribution in [0.2, 0.25) is 0 Å². The van der Waals surface area contributed by atoms with Crippen LogP contribution in [0.3, 0.4) is 0 Å². The predicted octanol–water partition coefficient (Wildman–Crippen LogP) is 4.27. The first kappa shape index (κ1) is 14.4. The molecule has 0 unspecified atom stereocenters. The van der Waals surface area contributed by atoms with Crippen LogP contribution >= 0.6 is 0 Å². The molecule has 1 saturated carbocycles. The summed E-state index contributed by atoms with van der Waals surface area (Å²) in [7, 11) is 0. The van der Waals surface area contributed by atoms with Crippen molar-refractivity contribution >= 4 is 11.5 Å². The van der Waals surface area contributed by atoms with E-state index in [0.29, 0.717) is 5.91 Å². The molecule has 1 amide bonds. The van der Waals surface area contributed by atoms with Crippen LogP contribution in [0.15, 0.2) is 36.4 Å². The second-order valence-corrected chi connectivity index (χ2v) is 6.37. The van der Waals surface area contributed by atoms with Crippen LogP contribution < -0.4 is 0 Å². The van der Waals surface area contributed by atoms with Crippen LogP contribution in [0.1, 0.15) is 50.5 Å². The third-order valence-electron chi connectivity index (χ3n) is 4.95. The number of nitrogens with zero attached hydrogens (tertiary/aromatic N) is 1. The number of carbonyl (C=O) groups is 1. The van der Waals surface area contributed by atoms with Crippen molar-refractivity contribution in [3.8, 4) is 0 Å². The summed E-state index contributed by atoms with van der Waals surface area (Å²) in [4.78, 5) is 14.3. The van der Waals surface area contributed by atoms with Crippen LogP contribution in [0.4, 0.5) is 0 Å². The highest BCUT2D eigenvalue weighted by Gasteiger charge is 2.20. The van der Waals surface area contributed by atoms with E-state index < -0.39 is 0 Å². The maximum atomic E-state index is 12.3. The first-order chi connectivity index (χ1) is 10.3. The number of hydrogen-bond donors (Lipinski definition) is 0. The molecule has 2 heteroatoms. The third kappa shape index (κ3) is 3.75. The fourth-order valence-corrected chi connectivity index (χ4v) is 3.59. The van der Waals surface area contributed by atoms with Crippen molar-refractivity contribution in [3.63, 3.8) is 0 Å². The highest BCUT2D eigenvalue weighted by molar-refractivity contribution is 5.78. The van der Waals surface area contributed by atoms with E-state index in [4.69, 9.17) is 0 Å². The number of hydrogen-bond acceptors (Lipinski definition) is 1. The van der Waals surface area contributed by atoms with Gasteiger partial charge in [-0.3, -0.25) is 4.79 Å². The first-order valence-electron chi connectivity index (χ1n) is 8.35. The summed E-state index contributed by atoms with van der Waals surface area (Å²) in [6.07, 6.45) is 10.5. The van der Waals surface area contributed by atoms with E-state index in [1.165, 1.54) is 36.8 Å². The smallest absolute Gasteiger partial charge is 0.222 e. The van der Waals surface area contributed by atoms with Crippen molar-refractivity contribution in [3.05, 3.63) is 42.0 Å². The molecule has 1 aromatic carbocycles. The van der Waals surface area contributed by atoms with Crippen molar-refractivity contribution in [1.29, 1.82) is 0 Å². The molecule has 1 aromatic rings. The summed E-state index contributed by atoms with van der Waals surface area (Å²) in [5, 5.41) is 0. The molecule has 1 fully saturated rings. The molecule has 0 N–H and O–H groups in total. The Bertz CT molecular complexity index is 500. The molecule has 2 nitrogen and oxygen atoms in total. The van der Waals surface area contributed by atoms with Crippen molar-refractivity contribution in [2.75, 3.05) is 13.1 Å². The van der Waals surface area contributed by atoms with Crippen LogP contribution in [0.25, 0.3) is 5.57 Å². The number of carbonyl (C=O) groups excluding carboxylic acids is 1. The van der Waals surface area contributed by atoms with E-state index in [-0.39, 0.29) is 0 Å². The minimum Gasteiger partial charge on any atom is -0.339 e. The first-order valence-corrected chi connectivity index (χ1v) is 8.35. The monoisotopic (exact) mass is 283 g/mol. The molecule has 1 heterocycles. The van der Waals surface area contributed by atoms with E-state index in [1.807, 2.05) is 11.0 Å². The lowest BCUT2D eigenvalue weighted by atomic mass is 9.98. The van der Waals surface area contributed by atoms with Gasteiger partial charge in [-0.05, 0) is 29.9 Å². The van der Waals surface area contributed by atoms with E-state index in [0.717, 1.165) is 38.3 Å². The molecular weight excluding hydrogens is 258 g/mol. The molecular formula is C19H25NO. The second-order valence-electron chi connectivity index (χ2n) is 6.37. The molecule has 21 heavy (non-hydrogen) atoms. The normalized spacial score (nSPS) is 19.6. The Morgan fingerprint density at radius 1 is 1.14 bits per heavy atom. The fraction of sp³-hybridized carbons (Fsp3) is 0.526. The summed E-state index contributed by atoms with van der Waals surface area (Å²) in [6.45, 7) is 1.66. The number of benzene rings is 1. The Labute approximate surface area is 127 Å². The van der Waals surface area contributed by atoms with E-state index in [9.17, 15) is 4.79 Å². The van der Waals surface area contributed by atoms with E-state index in [2.05, 4.69) is 30.3 Å². The van der Waals surface area contributed by atoms with E-state index in [1.54, 1.807) is 0 Å². The largest absolute Gasteiger partial charge is 0.339 e. The van der Waals surface area contributed by atoms with Gasteiger partial charge in [-0.2, -0.15) is 0 Å². The van der Waals surface area contributed by atoms with Crippen molar-refractivity contribution < 1.29 is 4.79 Å². The van der Waals surface area contributed by atoms with Gasteiger partial charge in [0, 0.05) is 19.5 Å². The van der Waals surface area contributed by atoms with Gasteiger partial charge in [-0.1, -0.05) is 62.1 Å². The molecule has 1 aliphatic heterocycles. The van der Waals surface area contributed by atoms with Gasteiger partial charge in [-0.25, -0.2) is 0 Å². The van der Waals surface area contributed by atoms with Gasteiger partial charge in [0.1, 0.15) is 0 Å². The van der Waals surface area contributed by atoms with Crippen LogP contribution in [-0.4, -0.2) is 23.9 Å². The predicted molar refractivity (Wildman–Crippen MR) is 86.8 cm³/mol. The van der Waals surface area contributed by atoms with Crippen molar-refractivity contribution in [2.45, 2.75) is 44.9 Å². The van der Waals surface area contributed by atoms with Gasteiger partial charge in [0.15, 0.2) is 0 Å². The zero-order valence-electron chi connectivity index (χ0n) is 12.8. The van der Waals surface area contributed by atoms with E-state index >= 15 is 0 Å². The highest BCUT2D eigenvalue weighted by atomic mass is 16.2. The minimum atomic E-state index is 0.352. The van der Waals surface area contributed by atoms with Crippen LogP contribution in [0, 0.1) is 5.92 Å². The zero-order chi connectivity index (χ0) is 14.5. The zero-order valence-corrected chi connectivity index (χ0v) is 12.8. The van der Waals surface area contributed by atoms with Gasteiger partial charge in [0.25, 0.3) is 0 Å². The highest BCUT2D eigenvalue weighted by Crippen LogP contribution is 2.29. The maximum Gasteiger partial charge on any atom is 0.222 e. The third-order valence-corrected chi connectivity index (χ3v) is 4.95. The molecule has 0 aromatic heterocycles. The number of amides is 1. The summed E-state index contributed by atoms with van der Waals surface area (Å²) in [6, 6.07) is 10.5. The average Bonchev–Trinajstić information content (AvgIpc) is 3.07. The molecule has 112 valence electrons. The van der Waals surface area contributed by atoms with Crippen molar-refractivity contribution in [1.82, 2.24) is 4.90 Å². The molecule has 0 spiro atoms. The molecule has 0 saturated heterocycles. The van der Waals surface area contributed by atoms with Crippen molar-refractivity contribution in [2.24, 2.45) is 5.92 Å². The van der Waals surface area contributed by atoms with Crippen LogP contribution in [0.5, 0.6) is 0 Å². The second kappa shape index (κ2) is 6.93. The summed E-state index contributed by atoms with van der Waals surface area (Å²) in [5.41, 5.74) is 2.69. The average molecular weight is 283 g/mol. The Hall–Kier alpha value is -1.57. The SMILES string of the molecule is O=C(CCC1CCCC1)N1CC=C(c2ccccc2)CC1. The lowest BCUT2D eigenvalue weighted by Gasteiger charge is -2.27. The summed E-state index contributed by atoms with van der Waals surface area (Å²) in [5.74, 6) is 1.17. The molecule has 0 bridgehead atoms. The quantitative estimate of drug-likeness (QED) is 0.808. The molecule has 2 aliphatic rings. The minimum absolute atomic E-state index is 0.352. The van der Waals surface area contributed by atoms with Crippen LogP contribution in [-0.2, 0) is 4.79 Å². The number of rotatable bonds is 4. The Balaban J connectivity index is 1.50. The molecule has 0 atom stereocenters. The summed E-state index contributed by atoms with van der Waals surface area (Å²) >= 11 is 0. The molecule has 0 radical (unpaired) electrons. The topological polar surface area (TPSA) is 20.3 Å². The van der Waals surface area contributed by atoms with Gasteiger partial charge in [0.05, 0.1) is 0 Å². The molecule has 1 aliphatic carbocycles. The standard InChI is InChI=1S/C19H25NO/c21-19(11-10-16-6-4-5-7-16)20-14-12-18(13-15-20)17-8-2-1-3-9-17/h1-3,8-9,12,16H,4-7,10-11,13-15H2. The summed E-state index contributed by atoms with van der Waals surface area (Å²) < 4.78 is 0. The van der Waals surface area contributed by atoms with Gasteiger partial charge < -0.3 is 4.90 Å². The Morgan fingerprint density at radius 2 is 1.90 bits per heavy atom. The fourth-order valence-electron chi connectivity index (χ4n) is 3.59.